The Morgan fingerprint density at radius 2 is 2.35 bits per heavy atom. The third-order valence-electron chi connectivity index (χ3n) is 2.29. The van der Waals surface area contributed by atoms with Crippen LogP contribution >= 0.6 is 0 Å². The molecule has 7 nitrogen and oxygen atoms in total. The number of anilines is 2. The minimum Gasteiger partial charge on any atom is -0.396 e. The van der Waals surface area contributed by atoms with Gasteiger partial charge in [-0.25, -0.2) is 10.8 Å². The van der Waals surface area contributed by atoms with Crippen LogP contribution in [0.2, 0.25) is 0 Å². The number of aryl methyl sites for hydroxylation is 1. The predicted molar refractivity (Wildman–Crippen MR) is 65.6 cm³/mol. The highest BCUT2D eigenvalue weighted by molar-refractivity contribution is 5.46. The Kier molecular flexibility index (Phi) is 5.61. The maximum Gasteiger partial charge on any atom is 0.239 e. The molecular formula is C10H19N5O2. The zero-order valence-electron chi connectivity index (χ0n) is 10.1. The summed E-state index contributed by atoms with van der Waals surface area (Å²) in [5, 5.41) is 12.1. The third-order valence-corrected chi connectivity index (χ3v) is 2.29. The average molecular weight is 241 g/mol. The molecule has 96 valence electrons. The second-order valence-electron chi connectivity index (χ2n) is 3.68. The molecule has 0 saturated heterocycles. The van der Waals surface area contributed by atoms with Gasteiger partial charge in [0.05, 0.1) is 12.6 Å². The number of hydrogen-bond donors (Lipinski definition) is 4. The van der Waals surface area contributed by atoms with E-state index in [0.29, 0.717) is 24.8 Å². The number of nitrogens with two attached hydrogens (primary N) is 1. The molecule has 1 unspecified atom stereocenters. The van der Waals surface area contributed by atoms with Crippen molar-refractivity contribution in [3.63, 3.8) is 0 Å². The van der Waals surface area contributed by atoms with E-state index in [2.05, 4.69) is 20.7 Å². The van der Waals surface area contributed by atoms with Crippen LogP contribution in [-0.2, 0) is 4.74 Å². The van der Waals surface area contributed by atoms with Crippen molar-refractivity contribution in [1.29, 1.82) is 0 Å². The van der Waals surface area contributed by atoms with E-state index in [-0.39, 0.29) is 12.6 Å². The monoisotopic (exact) mass is 241 g/mol. The minimum atomic E-state index is 0.00391. The molecule has 0 aliphatic heterocycles. The number of nitrogens with zero attached hydrogens (tertiary/aromatic N) is 2. The number of aliphatic hydroxyl groups is 1. The van der Waals surface area contributed by atoms with Crippen LogP contribution in [0.3, 0.4) is 0 Å². The highest BCUT2D eigenvalue weighted by Crippen LogP contribution is 2.14. The van der Waals surface area contributed by atoms with Crippen molar-refractivity contribution in [3.8, 4) is 0 Å². The summed E-state index contributed by atoms with van der Waals surface area (Å²) in [5.74, 6) is 6.28. The van der Waals surface area contributed by atoms with Crippen LogP contribution in [0.15, 0.2) is 6.20 Å². The maximum atomic E-state index is 8.95. The summed E-state index contributed by atoms with van der Waals surface area (Å²) >= 11 is 0. The van der Waals surface area contributed by atoms with Gasteiger partial charge in [-0.1, -0.05) is 0 Å². The maximum absolute atomic E-state index is 8.95. The second kappa shape index (κ2) is 7.00. The van der Waals surface area contributed by atoms with E-state index >= 15 is 0 Å². The zero-order chi connectivity index (χ0) is 12.7. The van der Waals surface area contributed by atoms with Gasteiger partial charge in [0, 0.05) is 25.5 Å². The number of ether oxygens (including phenoxy) is 1. The molecule has 0 amide bonds. The fraction of sp³-hybridized carbons (Fsp3) is 0.600. The minimum absolute atomic E-state index is 0.00391. The van der Waals surface area contributed by atoms with Crippen molar-refractivity contribution in [1.82, 2.24) is 9.97 Å². The first-order valence-corrected chi connectivity index (χ1v) is 5.37. The van der Waals surface area contributed by atoms with Crippen LogP contribution < -0.4 is 16.6 Å². The number of hydrazine groups is 1. The number of hydrogen-bond acceptors (Lipinski definition) is 7. The summed E-state index contributed by atoms with van der Waals surface area (Å²) in [6.45, 7) is 2.48. The van der Waals surface area contributed by atoms with Gasteiger partial charge in [-0.15, -0.1) is 0 Å². The molecule has 0 spiro atoms. The second-order valence-corrected chi connectivity index (χ2v) is 3.68. The first-order chi connectivity index (χ1) is 8.21. The van der Waals surface area contributed by atoms with Crippen LogP contribution in [0.4, 0.5) is 11.8 Å². The summed E-state index contributed by atoms with van der Waals surface area (Å²) in [4.78, 5) is 8.19. The van der Waals surface area contributed by atoms with Gasteiger partial charge in [-0.2, -0.15) is 4.98 Å². The first kappa shape index (κ1) is 13.6. The number of nitrogen functional groups attached to an aromatic ring is 1. The van der Waals surface area contributed by atoms with Crippen LogP contribution in [0.25, 0.3) is 0 Å². The molecule has 5 N–H and O–H groups in total. The van der Waals surface area contributed by atoms with Crippen LogP contribution in [-0.4, -0.2) is 41.4 Å². The van der Waals surface area contributed by atoms with E-state index in [1.54, 1.807) is 13.3 Å². The lowest BCUT2D eigenvalue weighted by atomic mass is 10.2. The van der Waals surface area contributed by atoms with Crippen LogP contribution in [0.5, 0.6) is 0 Å². The van der Waals surface area contributed by atoms with Crippen LogP contribution in [0.1, 0.15) is 12.0 Å². The van der Waals surface area contributed by atoms with E-state index in [4.69, 9.17) is 15.7 Å². The third kappa shape index (κ3) is 4.14. The fourth-order valence-corrected chi connectivity index (χ4v) is 1.41. The van der Waals surface area contributed by atoms with Gasteiger partial charge >= 0.3 is 0 Å². The van der Waals surface area contributed by atoms with Crippen molar-refractivity contribution in [2.75, 3.05) is 31.1 Å². The molecule has 0 aromatic carbocycles. The summed E-state index contributed by atoms with van der Waals surface area (Å²) in [6.07, 6.45) is 2.26. The van der Waals surface area contributed by atoms with E-state index in [1.165, 1.54) is 0 Å². The molecule has 0 aliphatic carbocycles. The zero-order valence-corrected chi connectivity index (χ0v) is 10.1. The summed E-state index contributed by atoms with van der Waals surface area (Å²) in [5.41, 5.74) is 3.29. The quantitative estimate of drug-likeness (QED) is 0.389. The Morgan fingerprint density at radius 1 is 1.59 bits per heavy atom. The van der Waals surface area contributed by atoms with Crippen molar-refractivity contribution in [2.45, 2.75) is 19.4 Å². The summed E-state index contributed by atoms with van der Waals surface area (Å²) in [7, 11) is 1.62. The number of rotatable bonds is 7. The van der Waals surface area contributed by atoms with Gasteiger partial charge in [0.1, 0.15) is 5.82 Å². The number of aromatic nitrogens is 2. The molecule has 1 atom stereocenters. The molecule has 1 aromatic rings. The van der Waals surface area contributed by atoms with Crippen molar-refractivity contribution in [2.24, 2.45) is 5.84 Å². The highest BCUT2D eigenvalue weighted by atomic mass is 16.5. The van der Waals surface area contributed by atoms with Gasteiger partial charge in [0.25, 0.3) is 0 Å². The van der Waals surface area contributed by atoms with Gasteiger partial charge in [-0.3, -0.25) is 5.43 Å². The number of nitrogens with one attached hydrogen (secondary N) is 2. The predicted octanol–water partition coefficient (Wildman–Crippen LogP) is -0.120. The Bertz CT molecular complexity index is 341. The molecule has 0 saturated carbocycles. The Hall–Kier alpha value is -1.44. The Balaban J connectivity index is 2.76. The molecule has 0 radical (unpaired) electrons. The molecule has 0 aliphatic rings. The molecule has 1 aromatic heterocycles. The van der Waals surface area contributed by atoms with Crippen molar-refractivity contribution < 1.29 is 9.84 Å². The molecular weight excluding hydrogens is 222 g/mol. The van der Waals surface area contributed by atoms with E-state index in [1.807, 2.05) is 6.92 Å². The van der Waals surface area contributed by atoms with Gasteiger partial charge < -0.3 is 15.2 Å². The lowest BCUT2D eigenvalue weighted by molar-refractivity contribution is 0.170. The van der Waals surface area contributed by atoms with Crippen molar-refractivity contribution >= 4 is 11.8 Å². The van der Waals surface area contributed by atoms with Crippen molar-refractivity contribution in [3.05, 3.63) is 11.8 Å². The topological polar surface area (TPSA) is 105 Å². The summed E-state index contributed by atoms with van der Waals surface area (Å²) in [6, 6.07) is 0.00391. The fourth-order valence-electron chi connectivity index (χ4n) is 1.41. The Labute approximate surface area is 100 Å². The lowest BCUT2D eigenvalue weighted by Gasteiger charge is -2.18. The van der Waals surface area contributed by atoms with E-state index in [0.717, 1.165) is 5.56 Å². The standard InChI is InChI=1S/C10H19N5O2/c1-7-5-12-10(15-11)14-9(7)13-8(3-4-16)6-17-2/h5,8,16H,3-4,6,11H2,1-2H3,(H2,12,13,14,15). The van der Waals surface area contributed by atoms with Gasteiger partial charge in [0.2, 0.25) is 5.95 Å². The molecule has 17 heavy (non-hydrogen) atoms. The first-order valence-electron chi connectivity index (χ1n) is 5.37. The number of methoxy groups -OCH3 is 1. The van der Waals surface area contributed by atoms with E-state index in [9.17, 15) is 0 Å². The normalized spacial score (nSPS) is 12.2. The SMILES string of the molecule is COCC(CCO)Nc1nc(NN)ncc1C. The molecule has 7 heteroatoms. The lowest BCUT2D eigenvalue weighted by Crippen LogP contribution is -2.27. The van der Waals surface area contributed by atoms with Crippen LogP contribution in [0, 0.1) is 6.92 Å². The Morgan fingerprint density at radius 3 is 2.94 bits per heavy atom. The molecule has 0 bridgehead atoms. The average Bonchev–Trinajstić information content (AvgIpc) is 2.32. The largest absolute Gasteiger partial charge is 0.396 e. The molecule has 1 heterocycles. The van der Waals surface area contributed by atoms with Gasteiger partial charge in [0.15, 0.2) is 0 Å². The smallest absolute Gasteiger partial charge is 0.239 e. The molecule has 0 fully saturated rings. The molecule has 1 rings (SSSR count). The number of aliphatic hydroxyl groups excluding tert-OH is 1. The highest BCUT2D eigenvalue weighted by Gasteiger charge is 2.11. The van der Waals surface area contributed by atoms with E-state index < -0.39 is 0 Å². The van der Waals surface area contributed by atoms with Gasteiger partial charge in [-0.05, 0) is 13.3 Å². The summed E-state index contributed by atoms with van der Waals surface area (Å²) < 4.78 is 5.07.